The highest BCUT2D eigenvalue weighted by atomic mass is 79.9. The molecule has 7 heteroatoms. The number of hydrogen-bond acceptors (Lipinski definition) is 5. The molecule has 1 aromatic carbocycles. The molecule has 0 radical (unpaired) electrons. The molecular formula is C13H12BrN3O3. The quantitative estimate of drug-likeness (QED) is 0.838. The van der Waals surface area contributed by atoms with Crippen LogP contribution in [-0.2, 0) is 4.74 Å². The molecule has 0 N–H and O–H groups in total. The molecule has 1 atom stereocenters. The summed E-state index contributed by atoms with van der Waals surface area (Å²) in [5.74, 6) is 0.451. The Hall–Kier alpha value is -1.73. The number of rotatable bonds is 2. The van der Waals surface area contributed by atoms with Gasteiger partial charge in [-0.2, -0.15) is 4.98 Å². The topological polar surface area (TPSA) is 68.5 Å². The molecule has 104 valence electrons. The van der Waals surface area contributed by atoms with Gasteiger partial charge >= 0.3 is 0 Å². The van der Waals surface area contributed by atoms with Crippen LogP contribution >= 0.6 is 15.9 Å². The van der Waals surface area contributed by atoms with Gasteiger partial charge in [0.2, 0.25) is 12.2 Å². The predicted molar refractivity (Wildman–Crippen MR) is 73.0 cm³/mol. The predicted octanol–water partition coefficient (Wildman–Crippen LogP) is 2.05. The van der Waals surface area contributed by atoms with Crippen molar-refractivity contribution in [3.8, 4) is 0 Å². The van der Waals surface area contributed by atoms with Gasteiger partial charge in [0.05, 0.1) is 13.2 Å². The highest BCUT2D eigenvalue weighted by molar-refractivity contribution is 9.10. The maximum absolute atomic E-state index is 12.4. The zero-order chi connectivity index (χ0) is 13.9. The summed E-state index contributed by atoms with van der Waals surface area (Å²) in [5, 5.41) is 3.76. The second-order valence-corrected chi connectivity index (χ2v) is 5.32. The Balaban J connectivity index is 1.73. The van der Waals surface area contributed by atoms with Gasteiger partial charge < -0.3 is 14.2 Å². The third kappa shape index (κ3) is 2.73. The lowest BCUT2D eigenvalue weighted by Gasteiger charge is -2.31. The number of ether oxygens (including phenoxy) is 1. The second kappa shape index (κ2) is 5.72. The van der Waals surface area contributed by atoms with Crippen LogP contribution in [0.3, 0.4) is 0 Å². The highest BCUT2D eigenvalue weighted by Gasteiger charge is 2.28. The lowest BCUT2D eigenvalue weighted by atomic mass is 10.1. The Kier molecular flexibility index (Phi) is 3.79. The van der Waals surface area contributed by atoms with Crippen LogP contribution in [0.1, 0.15) is 22.3 Å². The summed E-state index contributed by atoms with van der Waals surface area (Å²) in [7, 11) is 0. The van der Waals surface area contributed by atoms with Crippen LogP contribution < -0.4 is 0 Å². The standard InChI is InChI=1S/C13H12BrN3O3/c14-10-3-1-9(2-4-10)13(18)17-5-6-19-11(7-17)12-15-8-20-16-12/h1-4,8,11H,5-7H2/t11-/m1/s1. The number of benzene rings is 1. The minimum atomic E-state index is -0.332. The first-order valence-electron chi connectivity index (χ1n) is 6.17. The Morgan fingerprint density at radius 2 is 2.15 bits per heavy atom. The fourth-order valence-corrected chi connectivity index (χ4v) is 2.35. The molecule has 1 aliphatic heterocycles. The molecule has 1 saturated heterocycles. The van der Waals surface area contributed by atoms with Crippen LogP contribution in [0.5, 0.6) is 0 Å². The Bertz CT molecular complexity index is 585. The number of morpholine rings is 1. The van der Waals surface area contributed by atoms with Crippen molar-refractivity contribution >= 4 is 21.8 Å². The average molecular weight is 338 g/mol. The minimum absolute atomic E-state index is 0.0192. The number of nitrogens with zero attached hydrogens (tertiary/aromatic N) is 3. The second-order valence-electron chi connectivity index (χ2n) is 4.41. The third-order valence-corrected chi connectivity index (χ3v) is 3.64. The van der Waals surface area contributed by atoms with Gasteiger partial charge in [-0.05, 0) is 24.3 Å². The molecule has 0 unspecified atom stereocenters. The maximum atomic E-state index is 12.4. The van der Waals surface area contributed by atoms with Gasteiger partial charge in [-0.1, -0.05) is 21.1 Å². The molecule has 2 aromatic rings. The van der Waals surface area contributed by atoms with Crippen LogP contribution in [0, 0.1) is 0 Å². The molecule has 1 fully saturated rings. The van der Waals surface area contributed by atoms with E-state index in [1.807, 2.05) is 12.1 Å². The van der Waals surface area contributed by atoms with E-state index in [4.69, 9.17) is 9.26 Å². The van der Waals surface area contributed by atoms with Crippen molar-refractivity contribution in [2.45, 2.75) is 6.10 Å². The molecular weight excluding hydrogens is 326 g/mol. The van der Waals surface area contributed by atoms with Gasteiger partial charge in [-0.15, -0.1) is 0 Å². The highest BCUT2D eigenvalue weighted by Crippen LogP contribution is 2.21. The number of halogens is 1. The molecule has 6 nitrogen and oxygen atoms in total. The lowest BCUT2D eigenvalue weighted by Crippen LogP contribution is -2.42. The fourth-order valence-electron chi connectivity index (χ4n) is 2.09. The van der Waals surface area contributed by atoms with Crippen molar-refractivity contribution in [3.05, 3.63) is 46.5 Å². The van der Waals surface area contributed by atoms with Gasteiger partial charge in [0.1, 0.15) is 6.10 Å². The van der Waals surface area contributed by atoms with Crippen molar-refractivity contribution in [1.82, 2.24) is 15.0 Å². The van der Waals surface area contributed by atoms with Crippen molar-refractivity contribution < 1.29 is 14.1 Å². The molecule has 0 bridgehead atoms. The number of amides is 1. The van der Waals surface area contributed by atoms with E-state index in [2.05, 4.69) is 26.1 Å². The summed E-state index contributed by atoms with van der Waals surface area (Å²) in [6.45, 7) is 1.44. The molecule has 1 aliphatic rings. The maximum Gasteiger partial charge on any atom is 0.254 e. The Labute approximate surface area is 123 Å². The van der Waals surface area contributed by atoms with Gasteiger partial charge in [0.25, 0.3) is 5.91 Å². The molecule has 0 aliphatic carbocycles. The zero-order valence-electron chi connectivity index (χ0n) is 10.5. The van der Waals surface area contributed by atoms with Crippen molar-refractivity contribution in [2.24, 2.45) is 0 Å². The number of carbonyl (C=O) groups excluding carboxylic acids is 1. The average Bonchev–Trinajstić information content (AvgIpc) is 3.02. The van der Waals surface area contributed by atoms with Gasteiger partial charge in [-0.3, -0.25) is 4.79 Å². The van der Waals surface area contributed by atoms with Crippen LogP contribution in [0.4, 0.5) is 0 Å². The van der Waals surface area contributed by atoms with E-state index in [1.54, 1.807) is 17.0 Å². The van der Waals surface area contributed by atoms with Crippen LogP contribution in [0.25, 0.3) is 0 Å². The summed E-state index contributed by atoms with van der Waals surface area (Å²) in [5.41, 5.74) is 0.655. The first-order chi connectivity index (χ1) is 9.74. The van der Waals surface area contributed by atoms with E-state index in [1.165, 1.54) is 6.39 Å². The lowest BCUT2D eigenvalue weighted by molar-refractivity contribution is -0.0276. The fraction of sp³-hybridized carbons (Fsp3) is 0.308. The van der Waals surface area contributed by atoms with E-state index >= 15 is 0 Å². The first kappa shape index (κ1) is 13.3. The summed E-state index contributed by atoms with van der Waals surface area (Å²) >= 11 is 3.35. The molecule has 20 heavy (non-hydrogen) atoms. The summed E-state index contributed by atoms with van der Waals surface area (Å²) in [6, 6.07) is 7.30. The van der Waals surface area contributed by atoms with E-state index in [-0.39, 0.29) is 12.0 Å². The Morgan fingerprint density at radius 1 is 1.35 bits per heavy atom. The van der Waals surface area contributed by atoms with Crippen molar-refractivity contribution in [3.63, 3.8) is 0 Å². The van der Waals surface area contributed by atoms with Gasteiger partial charge in [-0.25, -0.2) is 0 Å². The van der Waals surface area contributed by atoms with Gasteiger partial charge in [0.15, 0.2) is 0 Å². The summed E-state index contributed by atoms with van der Waals surface area (Å²) < 4.78 is 11.2. The van der Waals surface area contributed by atoms with Crippen LogP contribution in [0.2, 0.25) is 0 Å². The monoisotopic (exact) mass is 337 g/mol. The number of carbonyl (C=O) groups is 1. The van der Waals surface area contributed by atoms with Crippen LogP contribution in [0.15, 0.2) is 39.7 Å². The first-order valence-corrected chi connectivity index (χ1v) is 6.96. The van der Waals surface area contributed by atoms with E-state index in [0.717, 1.165) is 4.47 Å². The zero-order valence-corrected chi connectivity index (χ0v) is 12.1. The minimum Gasteiger partial charge on any atom is -0.366 e. The molecule has 0 saturated carbocycles. The molecule has 1 amide bonds. The third-order valence-electron chi connectivity index (χ3n) is 3.11. The normalized spacial score (nSPS) is 19.1. The van der Waals surface area contributed by atoms with Gasteiger partial charge in [0, 0.05) is 16.6 Å². The molecule has 3 rings (SSSR count). The summed E-state index contributed by atoms with van der Waals surface area (Å²) in [6.07, 6.45) is 0.927. The largest absolute Gasteiger partial charge is 0.366 e. The molecule has 2 heterocycles. The van der Waals surface area contributed by atoms with E-state index in [9.17, 15) is 4.79 Å². The number of hydrogen-bond donors (Lipinski definition) is 0. The number of aromatic nitrogens is 2. The molecule has 1 aromatic heterocycles. The molecule has 0 spiro atoms. The van der Waals surface area contributed by atoms with Crippen molar-refractivity contribution in [2.75, 3.05) is 19.7 Å². The summed E-state index contributed by atoms with van der Waals surface area (Å²) in [4.78, 5) is 18.1. The van der Waals surface area contributed by atoms with Crippen molar-refractivity contribution in [1.29, 1.82) is 0 Å². The van der Waals surface area contributed by atoms with E-state index < -0.39 is 0 Å². The van der Waals surface area contributed by atoms with E-state index in [0.29, 0.717) is 31.1 Å². The smallest absolute Gasteiger partial charge is 0.254 e. The SMILES string of the molecule is O=C(c1ccc(Br)cc1)N1CCO[C@@H](c2ncon2)C1. The Morgan fingerprint density at radius 3 is 2.85 bits per heavy atom. The van der Waals surface area contributed by atoms with Crippen LogP contribution in [-0.4, -0.2) is 40.6 Å².